The molecule has 1 aromatic rings. The molecule has 1 heterocycles. The Morgan fingerprint density at radius 2 is 2.00 bits per heavy atom. The Morgan fingerprint density at radius 3 is 2.59 bits per heavy atom. The molecule has 1 unspecified atom stereocenters. The van der Waals surface area contributed by atoms with Crippen LogP contribution in [-0.4, -0.2) is 18.5 Å². The quantitative estimate of drug-likeness (QED) is 0.695. The summed E-state index contributed by atoms with van der Waals surface area (Å²) in [5, 5.41) is 0.748. The van der Waals surface area contributed by atoms with Crippen LogP contribution in [0.3, 0.4) is 0 Å². The van der Waals surface area contributed by atoms with Crippen molar-refractivity contribution < 1.29 is 9.53 Å². The predicted molar refractivity (Wildman–Crippen MR) is 91.7 cm³/mol. The molecule has 122 valence electrons. The van der Waals surface area contributed by atoms with E-state index in [0.717, 1.165) is 17.0 Å². The number of halogens is 1. The number of carbonyl (C=O) groups excluding carboxylic acids is 1. The zero-order chi connectivity index (χ0) is 16.3. The summed E-state index contributed by atoms with van der Waals surface area (Å²) in [7, 11) is 0. The number of hydrogen-bond acceptors (Lipinski definition) is 2. The Hall–Kier alpha value is -0.860. The molecule has 0 saturated carbocycles. The van der Waals surface area contributed by atoms with Crippen molar-refractivity contribution >= 4 is 17.4 Å². The number of aryl methyl sites for hydroxylation is 2. The van der Waals surface area contributed by atoms with Gasteiger partial charge in [-0.1, -0.05) is 51.3 Å². The fraction of sp³-hybridized carbons (Fsp3) is 0.632. The maximum atomic E-state index is 12.3. The fourth-order valence-electron chi connectivity index (χ4n) is 3.00. The molecule has 0 bridgehead atoms. The standard InChI is InChI=1S/C19H27ClO2/c1-5-6-7-8-14-10-15(16(20)9-13(14)2)11-17-18(21)19(3,4)12-22-17/h9-10,17H,5-8,11-12H2,1-4H3. The molecule has 0 N–H and O–H groups in total. The molecular weight excluding hydrogens is 296 g/mol. The van der Waals surface area contributed by atoms with Gasteiger partial charge in [0.2, 0.25) is 0 Å². The molecule has 22 heavy (non-hydrogen) atoms. The molecule has 1 fully saturated rings. The summed E-state index contributed by atoms with van der Waals surface area (Å²) in [4.78, 5) is 12.3. The molecule has 2 nitrogen and oxygen atoms in total. The van der Waals surface area contributed by atoms with E-state index >= 15 is 0 Å². The lowest BCUT2D eigenvalue weighted by atomic mass is 9.87. The Labute approximate surface area is 139 Å². The Balaban J connectivity index is 2.13. The van der Waals surface area contributed by atoms with Crippen LogP contribution >= 0.6 is 11.6 Å². The number of rotatable bonds is 6. The van der Waals surface area contributed by atoms with Crippen molar-refractivity contribution in [1.29, 1.82) is 0 Å². The highest BCUT2D eigenvalue weighted by molar-refractivity contribution is 6.31. The highest BCUT2D eigenvalue weighted by Crippen LogP contribution is 2.32. The van der Waals surface area contributed by atoms with Crippen LogP contribution in [0.25, 0.3) is 0 Å². The summed E-state index contributed by atoms with van der Waals surface area (Å²) in [6.07, 6.45) is 4.98. The third-order valence-electron chi connectivity index (χ3n) is 4.56. The van der Waals surface area contributed by atoms with Crippen LogP contribution in [-0.2, 0) is 22.4 Å². The third-order valence-corrected chi connectivity index (χ3v) is 4.92. The van der Waals surface area contributed by atoms with E-state index in [1.54, 1.807) is 0 Å². The Kier molecular flexibility index (Phi) is 5.68. The van der Waals surface area contributed by atoms with Gasteiger partial charge >= 0.3 is 0 Å². The highest BCUT2D eigenvalue weighted by Gasteiger charge is 2.41. The summed E-state index contributed by atoms with van der Waals surface area (Å²) < 4.78 is 5.70. The number of hydrogen-bond donors (Lipinski definition) is 0. The molecule has 0 spiro atoms. The average Bonchev–Trinajstić information content (AvgIpc) is 2.70. The van der Waals surface area contributed by atoms with E-state index in [1.807, 2.05) is 19.9 Å². The first kappa shape index (κ1) is 17.5. The van der Waals surface area contributed by atoms with E-state index in [4.69, 9.17) is 16.3 Å². The van der Waals surface area contributed by atoms with Crippen molar-refractivity contribution in [1.82, 2.24) is 0 Å². The zero-order valence-corrected chi connectivity index (χ0v) is 14.9. The lowest BCUT2D eigenvalue weighted by molar-refractivity contribution is -0.126. The van der Waals surface area contributed by atoms with Crippen LogP contribution in [0.2, 0.25) is 5.02 Å². The molecule has 1 aromatic carbocycles. The fourth-order valence-corrected chi connectivity index (χ4v) is 3.30. The lowest BCUT2D eigenvalue weighted by Gasteiger charge is -2.15. The van der Waals surface area contributed by atoms with Crippen LogP contribution in [0.5, 0.6) is 0 Å². The summed E-state index contributed by atoms with van der Waals surface area (Å²) in [6, 6.07) is 4.21. The van der Waals surface area contributed by atoms with Crippen molar-refractivity contribution in [2.24, 2.45) is 5.41 Å². The van der Waals surface area contributed by atoms with Gasteiger partial charge in [0.05, 0.1) is 6.61 Å². The largest absolute Gasteiger partial charge is 0.369 e. The molecule has 1 aliphatic heterocycles. The number of unbranched alkanes of at least 4 members (excludes halogenated alkanes) is 2. The molecule has 1 aliphatic rings. The Morgan fingerprint density at radius 1 is 1.27 bits per heavy atom. The van der Waals surface area contributed by atoms with Crippen LogP contribution in [0.1, 0.15) is 56.7 Å². The van der Waals surface area contributed by atoms with Crippen molar-refractivity contribution in [3.05, 3.63) is 33.8 Å². The minimum absolute atomic E-state index is 0.191. The van der Waals surface area contributed by atoms with Gasteiger partial charge in [0.1, 0.15) is 6.10 Å². The second-order valence-electron chi connectivity index (χ2n) is 7.08. The maximum Gasteiger partial charge on any atom is 0.169 e. The van der Waals surface area contributed by atoms with Gasteiger partial charge in [-0.05, 0) is 42.5 Å². The molecule has 0 radical (unpaired) electrons. The van der Waals surface area contributed by atoms with Crippen molar-refractivity contribution in [2.45, 2.75) is 65.9 Å². The van der Waals surface area contributed by atoms with Gasteiger partial charge in [0.25, 0.3) is 0 Å². The summed E-state index contributed by atoms with van der Waals surface area (Å²) in [5.74, 6) is 0.191. The maximum absolute atomic E-state index is 12.3. The lowest BCUT2D eigenvalue weighted by Crippen LogP contribution is -2.28. The third kappa shape index (κ3) is 3.91. The van der Waals surface area contributed by atoms with Gasteiger partial charge in [0.15, 0.2) is 5.78 Å². The summed E-state index contributed by atoms with van der Waals surface area (Å²) in [6.45, 7) is 8.72. The van der Waals surface area contributed by atoms with Crippen LogP contribution in [0, 0.1) is 12.3 Å². The van der Waals surface area contributed by atoms with Crippen LogP contribution in [0.4, 0.5) is 0 Å². The topological polar surface area (TPSA) is 26.3 Å². The number of carbonyl (C=O) groups is 1. The first-order valence-corrected chi connectivity index (χ1v) is 8.66. The van der Waals surface area contributed by atoms with Gasteiger partial charge < -0.3 is 4.74 Å². The number of Topliss-reactive ketones (excluding diaryl/α,β-unsaturated/α-hetero) is 1. The van der Waals surface area contributed by atoms with E-state index in [9.17, 15) is 4.79 Å². The number of ether oxygens (including phenoxy) is 1. The smallest absolute Gasteiger partial charge is 0.169 e. The second-order valence-corrected chi connectivity index (χ2v) is 7.49. The summed E-state index contributed by atoms with van der Waals surface area (Å²) in [5.41, 5.74) is 3.25. The number of benzene rings is 1. The number of ketones is 1. The van der Waals surface area contributed by atoms with E-state index in [1.165, 1.54) is 30.4 Å². The van der Waals surface area contributed by atoms with E-state index in [0.29, 0.717) is 13.0 Å². The Bertz CT molecular complexity index is 549. The van der Waals surface area contributed by atoms with Crippen LogP contribution < -0.4 is 0 Å². The molecule has 3 heteroatoms. The first-order valence-electron chi connectivity index (χ1n) is 8.29. The minimum Gasteiger partial charge on any atom is -0.369 e. The van der Waals surface area contributed by atoms with Gasteiger partial charge in [-0.2, -0.15) is 0 Å². The molecule has 0 amide bonds. The van der Waals surface area contributed by atoms with Gasteiger partial charge in [-0.3, -0.25) is 4.79 Å². The van der Waals surface area contributed by atoms with Crippen molar-refractivity contribution in [3.63, 3.8) is 0 Å². The SMILES string of the molecule is CCCCCc1cc(CC2OCC(C)(C)C2=O)c(Cl)cc1C. The van der Waals surface area contributed by atoms with Gasteiger partial charge in [-0.15, -0.1) is 0 Å². The van der Waals surface area contributed by atoms with E-state index in [2.05, 4.69) is 19.9 Å². The molecule has 2 rings (SSSR count). The first-order chi connectivity index (χ1) is 10.3. The molecular formula is C19H27ClO2. The predicted octanol–water partition coefficient (Wildman–Crippen LogP) is 4.92. The van der Waals surface area contributed by atoms with Crippen molar-refractivity contribution in [2.75, 3.05) is 6.61 Å². The molecule has 1 saturated heterocycles. The summed E-state index contributed by atoms with van der Waals surface area (Å²) >= 11 is 6.39. The highest BCUT2D eigenvalue weighted by atomic mass is 35.5. The normalized spacial score (nSPS) is 20.6. The van der Waals surface area contributed by atoms with E-state index in [-0.39, 0.29) is 17.3 Å². The zero-order valence-electron chi connectivity index (χ0n) is 14.2. The van der Waals surface area contributed by atoms with E-state index < -0.39 is 0 Å². The van der Waals surface area contributed by atoms with Crippen LogP contribution in [0.15, 0.2) is 12.1 Å². The molecule has 0 aliphatic carbocycles. The monoisotopic (exact) mass is 322 g/mol. The molecule has 1 atom stereocenters. The van der Waals surface area contributed by atoms with Gasteiger partial charge in [0, 0.05) is 16.9 Å². The van der Waals surface area contributed by atoms with Gasteiger partial charge in [-0.25, -0.2) is 0 Å². The molecule has 0 aromatic heterocycles. The van der Waals surface area contributed by atoms with Crippen molar-refractivity contribution in [3.8, 4) is 0 Å². The average molecular weight is 323 g/mol. The minimum atomic E-state index is -0.369. The second kappa shape index (κ2) is 7.14.